The van der Waals surface area contributed by atoms with Gasteiger partial charge in [-0.25, -0.2) is 4.98 Å². The van der Waals surface area contributed by atoms with Crippen LogP contribution < -0.4 is 5.32 Å². The molecule has 1 aliphatic rings. The molecule has 3 heteroatoms. The average Bonchev–Trinajstić information content (AvgIpc) is 3.32. The molecule has 132 valence electrons. The lowest BCUT2D eigenvalue weighted by Gasteiger charge is -2.20. The predicted octanol–water partition coefficient (Wildman–Crippen LogP) is 5.91. The number of hydrogen-bond acceptors (Lipinski definition) is 2. The van der Waals surface area contributed by atoms with Crippen LogP contribution in [0.5, 0.6) is 0 Å². The molecule has 0 spiro atoms. The van der Waals surface area contributed by atoms with Crippen molar-refractivity contribution in [2.45, 2.75) is 40.5 Å². The Labute approximate surface area is 151 Å². The third-order valence-corrected chi connectivity index (χ3v) is 5.19. The molecule has 0 unspecified atom stereocenters. The monoisotopic (exact) mass is 335 g/mol. The Morgan fingerprint density at radius 1 is 1.28 bits per heavy atom. The number of pyridine rings is 1. The molecular weight excluding hydrogens is 306 g/mol. The highest BCUT2D eigenvalue weighted by atomic mass is 15.0. The molecule has 3 rings (SSSR count). The molecule has 1 N–H and O–H groups in total. The molecule has 2 aromatic rings. The van der Waals surface area contributed by atoms with E-state index in [-0.39, 0.29) is 5.41 Å². The van der Waals surface area contributed by atoms with Gasteiger partial charge in [0.25, 0.3) is 0 Å². The number of allylic oxidation sites excluding steroid dienone is 4. The van der Waals surface area contributed by atoms with Crippen molar-refractivity contribution in [3.05, 3.63) is 54.5 Å². The van der Waals surface area contributed by atoms with Crippen LogP contribution in [-0.4, -0.2) is 9.55 Å². The maximum Gasteiger partial charge on any atom is 0.132 e. The van der Waals surface area contributed by atoms with E-state index >= 15 is 0 Å². The van der Waals surface area contributed by atoms with Gasteiger partial charge in [0.1, 0.15) is 5.82 Å². The lowest BCUT2D eigenvalue weighted by atomic mass is 9.86. The van der Waals surface area contributed by atoms with Gasteiger partial charge in [0.15, 0.2) is 0 Å². The van der Waals surface area contributed by atoms with Crippen LogP contribution in [0.4, 0.5) is 5.82 Å². The number of hydrogen-bond donors (Lipinski definition) is 1. The van der Waals surface area contributed by atoms with E-state index in [0.717, 1.165) is 33.7 Å². The van der Waals surface area contributed by atoms with E-state index in [0.29, 0.717) is 5.92 Å². The summed E-state index contributed by atoms with van der Waals surface area (Å²) in [6.07, 6.45) is 6.59. The molecule has 2 heterocycles. The van der Waals surface area contributed by atoms with E-state index in [1.165, 1.54) is 18.4 Å². The number of rotatable bonds is 5. The second-order valence-corrected chi connectivity index (χ2v) is 8.24. The first kappa shape index (κ1) is 17.5. The molecule has 1 aliphatic carbocycles. The van der Waals surface area contributed by atoms with E-state index in [4.69, 9.17) is 0 Å². The normalized spacial score (nSPS) is 15.5. The highest BCUT2D eigenvalue weighted by Crippen LogP contribution is 2.36. The average molecular weight is 335 g/mol. The van der Waals surface area contributed by atoms with Gasteiger partial charge in [-0.15, -0.1) is 0 Å². The zero-order valence-corrected chi connectivity index (χ0v) is 16.1. The highest BCUT2D eigenvalue weighted by Gasteiger charge is 2.25. The van der Waals surface area contributed by atoms with Gasteiger partial charge in [-0.3, -0.25) is 0 Å². The molecule has 1 saturated carbocycles. The van der Waals surface area contributed by atoms with E-state index in [2.05, 4.69) is 81.0 Å². The highest BCUT2D eigenvalue weighted by molar-refractivity contribution is 5.88. The molecule has 25 heavy (non-hydrogen) atoms. The van der Waals surface area contributed by atoms with Crippen LogP contribution in [0.3, 0.4) is 0 Å². The van der Waals surface area contributed by atoms with Gasteiger partial charge in [-0.05, 0) is 42.7 Å². The van der Waals surface area contributed by atoms with Crippen LogP contribution in [-0.2, 0) is 7.05 Å². The maximum atomic E-state index is 4.54. The number of nitrogens with zero attached hydrogens (tertiary/aromatic N) is 2. The molecule has 0 radical (unpaired) electrons. The van der Waals surface area contributed by atoms with Crippen LogP contribution in [0.15, 0.2) is 48.8 Å². The number of anilines is 1. The van der Waals surface area contributed by atoms with E-state index in [9.17, 15) is 0 Å². The predicted molar refractivity (Wildman–Crippen MR) is 108 cm³/mol. The molecule has 0 aliphatic heterocycles. The molecule has 3 nitrogen and oxygen atoms in total. The SMILES string of the molecule is C=C(/C=C(\C)C(C)(C)C)c1cc2cnc(NC(=C)C3CC3)cc2n1C. The van der Waals surface area contributed by atoms with Crippen molar-refractivity contribution in [3.8, 4) is 0 Å². The van der Waals surface area contributed by atoms with Gasteiger partial charge in [0, 0.05) is 36.1 Å². The number of aromatic nitrogens is 2. The van der Waals surface area contributed by atoms with Gasteiger partial charge in [-0.1, -0.05) is 45.6 Å². The summed E-state index contributed by atoms with van der Waals surface area (Å²) in [5.41, 5.74) is 5.86. The van der Waals surface area contributed by atoms with Crippen molar-refractivity contribution in [3.63, 3.8) is 0 Å². The second-order valence-electron chi connectivity index (χ2n) is 8.24. The third-order valence-electron chi connectivity index (χ3n) is 5.19. The summed E-state index contributed by atoms with van der Waals surface area (Å²) in [5, 5.41) is 4.49. The first-order chi connectivity index (χ1) is 11.7. The van der Waals surface area contributed by atoms with Gasteiger partial charge >= 0.3 is 0 Å². The molecule has 1 fully saturated rings. The summed E-state index contributed by atoms with van der Waals surface area (Å²) in [4.78, 5) is 4.54. The Morgan fingerprint density at radius 2 is 1.96 bits per heavy atom. The van der Waals surface area contributed by atoms with E-state index in [1.54, 1.807) is 0 Å². The van der Waals surface area contributed by atoms with Crippen molar-refractivity contribution in [1.29, 1.82) is 0 Å². The van der Waals surface area contributed by atoms with Crippen LogP contribution in [0, 0.1) is 11.3 Å². The molecule has 2 aromatic heterocycles. The summed E-state index contributed by atoms with van der Waals surface area (Å²) in [5.74, 6) is 1.48. The van der Waals surface area contributed by atoms with Crippen molar-refractivity contribution in [2.75, 3.05) is 5.32 Å². The first-order valence-corrected chi connectivity index (χ1v) is 8.96. The maximum absolute atomic E-state index is 4.54. The minimum atomic E-state index is 0.148. The van der Waals surface area contributed by atoms with Crippen molar-refractivity contribution in [2.24, 2.45) is 18.4 Å². The Morgan fingerprint density at radius 3 is 2.56 bits per heavy atom. The van der Waals surface area contributed by atoms with Gasteiger partial charge < -0.3 is 9.88 Å². The third kappa shape index (κ3) is 3.71. The van der Waals surface area contributed by atoms with Gasteiger partial charge in [0.05, 0.1) is 5.52 Å². The lowest BCUT2D eigenvalue weighted by Crippen LogP contribution is -2.06. The van der Waals surface area contributed by atoms with Crippen LogP contribution in [0.2, 0.25) is 0 Å². The fourth-order valence-corrected chi connectivity index (χ4v) is 2.86. The Bertz CT molecular complexity index is 871. The Balaban J connectivity index is 1.91. The number of fused-ring (bicyclic) bond motifs is 1. The summed E-state index contributed by atoms with van der Waals surface area (Å²) < 4.78 is 2.19. The molecule has 0 atom stereocenters. The fraction of sp³-hybridized carbons (Fsp3) is 0.409. The summed E-state index contributed by atoms with van der Waals surface area (Å²) >= 11 is 0. The van der Waals surface area contributed by atoms with Gasteiger partial charge in [0.2, 0.25) is 0 Å². The van der Waals surface area contributed by atoms with E-state index < -0.39 is 0 Å². The minimum absolute atomic E-state index is 0.148. The molecule has 0 aromatic carbocycles. The molecule has 0 bridgehead atoms. The summed E-state index contributed by atoms with van der Waals surface area (Å²) in [6.45, 7) is 17.3. The second kappa shape index (κ2) is 6.21. The van der Waals surface area contributed by atoms with Gasteiger partial charge in [-0.2, -0.15) is 0 Å². The van der Waals surface area contributed by atoms with Crippen LogP contribution in [0.25, 0.3) is 16.5 Å². The largest absolute Gasteiger partial charge is 0.344 e. The lowest BCUT2D eigenvalue weighted by molar-refractivity contribution is 0.504. The van der Waals surface area contributed by atoms with Crippen molar-refractivity contribution in [1.82, 2.24) is 9.55 Å². The summed E-state index contributed by atoms with van der Waals surface area (Å²) in [7, 11) is 2.09. The fourth-order valence-electron chi connectivity index (χ4n) is 2.86. The summed E-state index contributed by atoms with van der Waals surface area (Å²) in [6, 6.07) is 4.26. The molecule has 0 saturated heterocycles. The zero-order valence-electron chi connectivity index (χ0n) is 16.1. The molecular formula is C22H29N3. The Kier molecular flexibility index (Phi) is 4.36. The standard InChI is InChI=1S/C22H29N3/c1-14(10-15(2)22(4,5)6)19-11-18-13-23-21(12-20(18)25(19)7)24-16(3)17-8-9-17/h10-13,17H,1,3,8-9H2,2,4-7H3,(H,23,24)/b15-10+. The quantitative estimate of drug-likeness (QED) is 0.688. The molecule has 0 amide bonds. The van der Waals surface area contributed by atoms with E-state index in [1.807, 2.05) is 6.20 Å². The minimum Gasteiger partial charge on any atom is -0.344 e. The smallest absolute Gasteiger partial charge is 0.132 e. The topological polar surface area (TPSA) is 29.9 Å². The van der Waals surface area contributed by atoms with Crippen molar-refractivity contribution >= 4 is 22.3 Å². The first-order valence-electron chi connectivity index (χ1n) is 8.96. The van der Waals surface area contributed by atoms with Crippen molar-refractivity contribution < 1.29 is 0 Å². The van der Waals surface area contributed by atoms with Crippen LogP contribution >= 0.6 is 0 Å². The number of aryl methyl sites for hydroxylation is 1. The number of nitrogens with one attached hydrogen (secondary N) is 1. The van der Waals surface area contributed by atoms with Crippen LogP contribution in [0.1, 0.15) is 46.2 Å². The zero-order chi connectivity index (χ0) is 18.4. The Hall–Kier alpha value is -2.29.